The average Bonchev–Trinajstić information content (AvgIpc) is 3.07. The fourth-order valence-corrected chi connectivity index (χ4v) is 3.99. The van der Waals surface area contributed by atoms with Gasteiger partial charge in [0.05, 0.1) is 6.54 Å². The van der Waals surface area contributed by atoms with Crippen molar-refractivity contribution in [3.05, 3.63) is 16.1 Å². The van der Waals surface area contributed by atoms with Gasteiger partial charge >= 0.3 is 0 Å². The Kier molecular flexibility index (Phi) is 11.2. The van der Waals surface area contributed by atoms with Gasteiger partial charge in [-0.1, -0.05) is 13.8 Å². The molecule has 6 nitrogen and oxygen atoms in total. The van der Waals surface area contributed by atoms with E-state index in [9.17, 15) is 4.79 Å². The molecule has 1 aliphatic heterocycles. The predicted molar refractivity (Wildman–Crippen MR) is 124 cm³/mol. The van der Waals surface area contributed by atoms with Crippen molar-refractivity contribution in [3.63, 3.8) is 0 Å². The lowest BCUT2D eigenvalue weighted by Gasteiger charge is -2.34. The van der Waals surface area contributed by atoms with E-state index in [0.717, 1.165) is 56.3 Å². The molecule has 0 unspecified atom stereocenters. The van der Waals surface area contributed by atoms with Crippen LogP contribution in [-0.2, 0) is 11.3 Å². The molecule has 0 atom stereocenters. The van der Waals surface area contributed by atoms with E-state index in [0.29, 0.717) is 18.5 Å². The van der Waals surface area contributed by atoms with E-state index in [2.05, 4.69) is 48.3 Å². The largest absolute Gasteiger partial charge is 0.357 e. The Morgan fingerprint density at radius 1 is 1.33 bits per heavy atom. The first-order chi connectivity index (χ1) is 12.6. The smallest absolute Gasteiger partial charge is 0.225 e. The summed E-state index contributed by atoms with van der Waals surface area (Å²) in [6.07, 6.45) is 5.68. The van der Waals surface area contributed by atoms with E-state index in [1.165, 1.54) is 4.88 Å². The lowest BCUT2D eigenvalue weighted by atomic mass is 9.98. The lowest BCUT2D eigenvalue weighted by molar-refractivity contribution is -0.136. The van der Waals surface area contributed by atoms with Crippen molar-refractivity contribution in [1.82, 2.24) is 20.5 Å². The Balaban J connectivity index is 0.00000364. The summed E-state index contributed by atoms with van der Waals surface area (Å²) in [6.45, 7) is 11.4. The average molecular weight is 507 g/mol. The van der Waals surface area contributed by atoms with Gasteiger partial charge in [-0.15, -0.1) is 35.3 Å². The Bertz CT molecular complexity index is 595. The van der Waals surface area contributed by atoms with E-state index in [4.69, 9.17) is 0 Å². The van der Waals surface area contributed by atoms with Gasteiger partial charge in [-0.25, -0.2) is 9.98 Å². The molecule has 2 N–H and O–H groups in total. The molecule has 0 radical (unpaired) electrons. The molecule has 27 heavy (non-hydrogen) atoms. The fraction of sp³-hybridized carbons (Fsp3) is 0.737. The van der Waals surface area contributed by atoms with Crippen molar-refractivity contribution in [2.24, 2.45) is 10.9 Å². The Morgan fingerprint density at radius 2 is 2.00 bits per heavy atom. The van der Waals surface area contributed by atoms with E-state index in [1.807, 2.05) is 11.1 Å². The molecule has 8 heteroatoms. The zero-order valence-corrected chi connectivity index (χ0v) is 20.1. The SMILES string of the molecule is CCNC(=NCc1ncc(C)s1)NC1CCN(C(=O)C(CC)CC)CC1.I. The van der Waals surface area contributed by atoms with Gasteiger partial charge < -0.3 is 15.5 Å². The number of aryl methyl sites for hydroxylation is 1. The number of thiazole rings is 1. The van der Waals surface area contributed by atoms with Gasteiger partial charge in [0.25, 0.3) is 0 Å². The van der Waals surface area contributed by atoms with Gasteiger partial charge in [0.2, 0.25) is 5.91 Å². The number of hydrogen-bond donors (Lipinski definition) is 2. The van der Waals surface area contributed by atoms with E-state index in [1.54, 1.807) is 11.3 Å². The number of carbonyl (C=O) groups excluding carboxylic acids is 1. The molecule has 1 aromatic heterocycles. The maximum atomic E-state index is 12.5. The second kappa shape index (κ2) is 12.5. The van der Waals surface area contributed by atoms with Crippen LogP contribution in [0.5, 0.6) is 0 Å². The minimum absolute atomic E-state index is 0. The van der Waals surface area contributed by atoms with Crippen LogP contribution in [0.25, 0.3) is 0 Å². The summed E-state index contributed by atoms with van der Waals surface area (Å²) in [7, 11) is 0. The van der Waals surface area contributed by atoms with Crippen LogP contribution in [0.4, 0.5) is 0 Å². The van der Waals surface area contributed by atoms with Crippen LogP contribution in [-0.4, -0.2) is 47.4 Å². The van der Waals surface area contributed by atoms with Gasteiger partial charge in [0.1, 0.15) is 5.01 Å². The number of hydrogen-bond acceptors (Lipinski definition) is 4. The van der Waals surface area contributed by atoms with Gasteiger partial charge in [0.15, 0.2) is 5.96 Å². The Morgan fingerprint density at radius 3 is 2.52 bits per heavy atom. The highest BCUT2D eigenvalue weighted by atomic mass is 127. The molecule has 1 saturated heterocycles. The third-order valence-electron chi connectivity index (χ3n) is 4.87. The number of piperidine rings is 1. The van der Waals surface area contributed by atoms with Crippen LogP contribution in [0, 0.1) is 12.8 Å². The molecule has 1 fully saturated rings. The number of likely N-dealkylation sites (tertiary alicyclic amines) is 1. The van der Waals surface area contributed by atoms with Crippen LogP contribution in [0.3, 0.4) is 0 Å². The van der Waals surface area contributed by atoms with Crippen LogP contribution in [0.1, 0.15) is 56.3 Å². The highest BCUT2D eigenvalue weighted by Crippen LogP contribution is 2.17. The summed E-state index contributed by atoms with van der Waals surface area (Å²) < 4.78 is 0. The van der Waals surface area contributed by atoms with Gasteiger partial charge in [-0.05, 0) is 39.5 Å². The normalized spacial score (nSPS) is 15.6. The fourth-order valence-electron chi connectivity index (χ4n) is 3.27. The van der Waals surface area contributed by atoms with Crippen LogP contribution in [0.2, 0.25) is 0 Å². The summed E-state index contributed by atoms with van der Waals surface area (Å²) in [4.78, 5) is 24.8. The van der Waals surface area contributed by atoms with Crippen molar-refractivity contribution in [2.45, 2.75) is 66.0 Å². The summed E-state index contributed by atoms with van der Waals surface area (Å²) in [5, 5.41) is 7.87. The number of nitrogens with zero attached hydrogens (tertiary/aromatic N) is 3. The molecule has 2 heterocycles. The summed E-state index contributed by atoms with van der Waals surface area (Å²) in [5.41, 5.74) is 0. The molecule has 0 aromatic carbocycles. The zero-order valence-electron chi connectivity index (χ0n) is 17.0. The summed E-state index contributed by atoms with van der Waals surface area (Å²) in [5.74, 6) is 1.35. The first-order valence-corrected chi connectivity index (χ1v) is 10.6. The summed E-state index contributed by atoms with van der Waals surface area (Å²) in [6, 6.07) is 0.358. The van der Waals surface area contributed by atoms with Crippen molar-refractivity contribution in [1.29, 1.82) is 0 Å². The van der Waals surface area contributed by atoms with Gasteiger partial charge in [0, 0.05) is 42.7 Å². The highest BCUT2D eigenvalue weighted by molar-refractivity contribution is 14.0. The molecule has 0 saturated carbocycles. The molecule has 0 bridgehead atoms. The first kappa shape index (κ1) is 24.1. The zero-order chi connectivity index (χ0) is 18.9. The summed E-state index contributed by atoms with van der Waals surface area (Å²) >= 11 is 1.69. The number of halogens is 1. The molecule has 1 aromatic rings. The topological polar surface area (TPSA) is 69.6 Å². The van der Waals surface area contributed by atoms with E-state index in [-0.39, 0.29) is 29.9 Å². The first-order valence-electron chi connectivity index (χ1n) is 9.82. The predicted octanol–water partition coefficient (Wildman–Crippen LogP) is 3.55. The number of carbonyl (C=O) groups is 1. The molecule has 1 amide bonds. The van der Waals surface area contributed by atoms with Gasteiger partial charge in [-0.3, -0.25) is 4.79 Å². The number of aliphatic imine (C=N–C) groups is 1. The monoisotopic (exact) mass is 507 g/mol. The lowest BCUT2D eigenvalue weighted by Crippen LogP contribution is -2.50. The van der Waals surface area contributed by atoms with Crippen molar-refractivity contribution in [3.8, 4) is 0 Å². The minimum atomic E-state index is 0. The molecule has 154 valence electrons. The molecular weight excluding hydrogens is 473 g/mol. The van der Waals surface area contributed by atoms with Gasteiger partial charge in [-0.2, -0.15) is 0 Å². The number of guanidine groups is 1. The second-order valence-corrected chi connectivity index (χ2v) is 8.14. The van der Waals surface area contributed by atoms with Crippen LogP contribution < -0.4 is 10.6 Å². The number of aromatic nitrogens is 1. The Labute approximate surface area is 184 Å². The van der Waals surface area contributed by atoms with Crippen molar-refractivity contribution >= 4 is 47.2 Å². The Hall–Kier alpha value is -0.900. The van der Waals surface area contributed by atoms with E-state index >= 15 is 0 Å². The third kappa shape index (κ3) is 7.56. The highest BCUT2D eigenvalue weighted by Gasteiger charge is 2.26. The number of nitrogens with one attached hydrogen (secondary N) is 2. The number of rotatable bonds is 7. The molecule has 0 aliphatic carbocycles. The van der Waals surface area contributed by atoms with Crippen molar-refractivity contribution < 1.29 is 4.79 Å². The van der Waals surface area contributed by atoms with Crippen LogP contribution >= 0.6 is 35.3 Å². The molecule has 0 spiro atoms. The minimum Gasteiger partial charge on any atom is -0.357 e. The quantitative estimate of drug-likeness (QED) is 0.337. The molecular formula is C19H34IN5OS. The maximum absolute atomic E-state index is 12.5. The third-order valence-corrected chi connectivity index (χ3v) is 5.77. The number of amides is 1. The molecule has 2 rings (SSSR count). The van der Waals surface area contributed by atoms with Crippen LogP contribution in [0.15, 0.2) is 11.2 Å². The van der Waals surface area contributed by atoms with Crippen molar-refractivity contribution in [2.75, 3.05) is 19.6 Å². The second-order valence-electron chi connectivity index (χ2n) is 6.82. The molecule has 1 aliphatic rings. The maximum Gasteiger partial charge on any atom is 0.225 e. The van der Waals surface area contributed by atoms with E-state index < -0.39 is 0 Å². The standard InChI is InChI=1S/C19H33N5OS.HI/c1-5-15(6-2)18(25)24-10-8-16(9-11-24)23-19(20-7-3)22-13-17-21-12-14(4)26-17;/h12,15-16H,5-11,13H2,1-4H3,(H2,20,22,23);1H.